The molecule has 1 atom stereocenters. The van der Waals surface area contributed by atoms with Crippen molar-refractivity contribution in [2.45, 2.75) is 40.2 Å². The van der Waals surface area contributed by atoms with E-state index in [1.54, 1.807) is 11.8 Å². The Morgan fingerprint density at radius 1 is 1.29 bits per heavy atom. The first-order chi connectivity index (χ1) is 6.40. The smallest absolute Gasteiger partial charge is 0.305 e. The van der Waals surface area contributed by atoms with E-state index in [1.807, 2.05) is 20.8 Å². The second-order valence-corrected chi connectivity index (χ2v) is 3.73. The fourth-order valence-corrected chi connectivity index (χ4v) is 1.38. The lowest BCUT2D eigenvalue weighted by molar-refractivity contribution is -0.141. The lowest BCUT2D eigenvalue weighted by Gasteiger charge is -2.28. The van der Waals surface area contributed by atoms with Crippen LogP contribution in [-0.4, -0.2) is 34.5 Å². The number of carboxylic acids is 1. The van der Waals surface area contributed by atoms with Crippen molar-refractivity contribution in [2.24, 2.45) is 5.92 Å². The van der Waals surface area contributed by atoms with Crippen LogP contribution in [0.15, 0.2) is 0 Å². The van der Waals surface area contributed by atoms with Crippen molar-refractivity contribution < 1.29 is 14.7 Å². The van der Waals surface area contributed by atoms with Crippen molar-refractivity contribution in [1.82, 2.24) is 4.90 Å². The summed E-state index contributed by atoms with van der Waals surface area (Å²) in [6.45, 7) is 7.82. The van der Waals surface area contributed by atoms with Crippen LogP contribution in [0.4, 0.5) is 0 Å². The summed E-state index contributed by atoms with van der Waals surface area (Å²) in [6, 6.07) is -0.229. The minimum absolute atomic E-state index is 0.00625. The zero-order valence-electron chi connectivity index (χ0n) is 9.28. The van der Waals surface area contributed by atoms with E-state index >= 15 is 0 Å². The largest absolute Gasteiger partial charge is 0.481 e. The molecule has 0 aromatic rings. The molecule has 0 aliphatic rings. The zero-order valence-corrected chi connectivity index (χ0v) is 9.28. The number of amides is 1. The molecular weight excluding hydrogens is 182 g/mol. The second-order valence-electron chi connectivity index (χ2n) is 3.73. The highest BCUT2D eigenvalue weighted by Crippen LogP contribution is 2.09. The predicted octanol–water partition coefficient (Wildman–Crippen LogP) is 1.35. The summed E-state index contributed by atoms with van der Waals surface area (Å²) in [6.07, 6.45) is 0.00625. The normalized spacial score (nSPS) is 12.6. The number of carboxylic acid groups (broad SMARTS) is 1. The molecule has 14 heavy (non-hydrogen) atoms. The van der Waals surface area contributed by atoms with Gasteiger partial charge in [-0.25, -0.2) is 0 Å². The van der Waals surface area contributed by atoms with Crippen LogP contribution in [0.5, 0.6) is 0 Å². The fraction of sp³-hybridized carbons (Fsp3) is 0.800. The van der Waals surface area contributed by atoms with E-state index in [1.165, 1.54) is 0 Å². The Balaban J connectivity index is 4.39. The van der Waals surface area contributed by atoms with E-state index in [4.69, 9.17) is 5.11 Å². The maximum absolute atomic E-state index is 11.6. The molecule has 0 radical (unpaired) electrons. The van der Waals surface area contributed by atoms with Gasteiger partial charge in [-0.2, -0.15) is 0 Å². The van der Waals surface area contributed by atoms with Crippen LogP contribution in [0, 0.1) is 5.92 Å². The summed E-state index contributed by atoms with van der Waals surface area (Å²) >= 11 is 0. The average molecular weight is 201 g/mol. The monoisotopic (exact) mass is 201 g/mol. The van der Waals surface area contributed by atoms with Crippen LogP contribution in [0.25, 0.3) is 0 Å². The van der Waals surface area contributed by atoms with Crippen LogP contribution in [0.3, 0.4) is 0 Å². The number of carbonyl (C=O) groups is 2. The van der Waals surface area contributed by atoms with E-state index in [9.17, 15) is 9.59 Å². The molecule has 1 amide bonds. The van der Waals surface area contributed by atoms with Crippen LogP contribution in [0.1, 0.15) is 34.1 Å². The number of hydrogen-bond acceptors (Lipinski definition) is 2. The molecule has 0 bridgehead atoms. The molecule has 0 saturated heterocycles. The lowest BCUT2D eigenvalue weighted by atomic mass is 10.1. The van der Waals surface area contributed by atoms with Crippen molar-refractivity contribution >= 4 is 11.9 Å². The van der Waals surface area contributed by atoms with Gasteiger partial charge in [0.15, 0.2) is 0 Å². The molecule has 0 rings (SSSR count). The summed E-state index contributed by atoms with van der Waals surface area (Å²) in [4.78, 5) is 23.7. The van der Waals surface area contributed by atoms with Gasteiger partial charge >= 0.3 is 5.97 Å². The van der Waals surface area contributed by atoms with Crippen molar-refractivity contribution in [3.05, 3.63) is 0 Å². The van der Waals surface area contributed by atoms with E-state index < -0.39 is 5.97 Å². The van der Waals surface area contributed by atoms with Crippen molar-refractivity contribution in [3.63, 3.8) is 0 Å². The first kappa shape index (κ1) is 12.9. The van der Waals surface area contributed by atoms with Gasteiger partial charge < -0.3 is 10.0 Å². The minimum Gasteiger partial charge on any atom is -0.481 e. The Labute approximate surface area is 84.9 Å². The Morgan fingerprint density at radius 2 is 1.79 bits per heavy atom. The molecule has 1 N–H and O–H groups in total. The molecule has 4 heteroatoms. The van der Waals surface area contributed by atoms with Gasteiger partial charge in [0.2, 0.25) is 5.91 Å². The maximum Gasteiger partial charge on any atom is 0.305 e. The fourth-order valence-electron chi connectivity index (χ4n) is 1.38. The molecular formula is C10H19NO3. The standard InChI is InChI=1S/C10H19NO3/c1-5-11(10(14)7(2)3)8(4)6-9(12)13/h7-8H,5-6H2,1-4H3,(H,12,13). The highest BCUT2D eigenvalue weighted by molar-refractivity contribution is 5.79. The highest BCUT2D eigenvalue weighted by atomic mass is 16.4. The van der Waals surface area contributed by atoms with Crippen molar-refractivity contribution in [3.8, 4) is 0 Å². The molecule has 0 heterocycles. The molecule has 1 unspecified atom stereocenters. The first-order valence-corrected chi connectivity index (χ1v) is 4.92. The topological polar surface area (TPSA) is 57.6 Å². The number of carbonyl (C=O) groups excluding carboxylic acids is 1. The Hall–Kier alpha value is -1.06. The van der Waals surface area contributed by atoms with Crippen molar-refractivity contribution in [1.29, 1.82) is 0 Å². The van der Waals surface area contributed by atoms with Gasteiger partial charge in [0.25, 0.3) is 0 Å². The number of rotatable bonds is 5. The number of nitrogens with zero attached hydrogens (tertiary/aromatic N) is 1. The molecule has 0 aromatic heterocycles. The molecule has 0 aliphatic heterocycles. The summed E-state index contributed by atoms with van der Waals surface area (Å²) in [5.41, 5.74) is 0. The van der Waals surface area contributed by atoms with Crippen LogP contribution in [0.2, 0.25) is 0 Å². The van der Waals surface area contributed by atoms with Gasteiger partial charge in [0.05, 0.1) is 6.42 Å². The molecule has 0 fully saturated rings. The summed E-state index contributed by atoms with van der Waals surface area (Å²) in [5, 5.41) is 8.61. The van der Waals surface area contributed by atoms with Gasteiger partial charge in [-0.05, 0) is 13.8 Å². The summed E-state index contributed by atoms with van der Waals surface area (Å²) in [5.74, 6) is -0.931. The molecule has 4 nitrogen and oxygen atoms in total. The van der Waals surface area contributed by atoms with E-state index in [0.717, 1.165) is 0 Å². The Kier molecular flexibility index (Phi) is 5.20. The Morgan fingerprint density at radius 3 is 2.07 bits per heavy atom. The van der Waals surface area contributed by atoms with Crippen molar-refractivity contribution in [2.75, 3.05) is 6.54 Å². The van der Waals surface area contributed by atoms with Crippen LogP contribution in [-0.2, 0) is 9.59 Å². The molecule has 0 saturated carbocycles. The second kappa shape index (κ2) is 5.62. The highest BCUT2D eigenvalue weighted by Gasteiger charge is 2.22. The van der Waals surface area contributed by atoms with Crippen LogP contribution >= 0.6 is 0 Å². The zero-order chi connectivity index (χ0) is 11.3. The minimum atomic E-state index is -0.868. The quantitative estimate of drug-likeness (QED) is 0.730. The van der Waals surface area contributed by atoms with Gasteiger partial charge in [0.1, 0.15) is 0 Å². The van der Waals surface area contributed by atoms with E-state index in [2.05, 4.69) is 0 Å². The van der Waals surface area contributed by atoms with Gasteiger partial charge in [-0.3, -0.25) is 9.59 Å². The van der Waals surface area contributed by atoms with E-state index in [0.29, 0.717) is 6.54 Å². The third-order valence-electron chi connectivity index (χ3n) is 2.12. The predicted molar refractivity (Wildman–Crippen MR) is 53.9 cm³/mol. The molecule has 0 aliphatic carbocycles. The van der Waals surface area contributed by atoms with Gasteiger partial charge in [-0.15, -0.1) is 0 Å². The SMILES string of the molecule is CCN(C(=O)C(C)C)C(C)CC(=O)O. The van der Waals surface area contributed by atoms with E-state index in [-0.39, 0.29) is 24.3 Å². The van der Waals surface area contributed by atoms with Gasteiger partial charge in [0, 0.05) is 18.5 Å². The van der Waals surface area contributed by atoms with Crippen LogP contribution < -0.4 is 0 Å². The van der Waals surface area contributed by atoms with Gasteiger partial charge in [-0.1, -0.05) is 13.8 Å². The Bertz CT molecular complexity index is 213. The lowest BCUT2D eigenvalue weighted by Crippen LogP contribution is -2.41. The summed E-state index contributed by atoms with van der Waals surface area (Å²) < 4.78 is 0. The molecule has 0 spiro atoms. The first-order valence-electron chi connectivity index (χ1n) is 4.92. The third-order valence-corrected chi connectivity index (χ3v) is 2.12. The average Bonchev–Trinajstić information content (AvgIpc) is 2.03. The third kappa shape index (κ3) is 3.77. The maximum atomic E-state index is 11.6. The molecule has 82 valence electrons. The number of aliphatic carboxylic acids is 1. The summed E-state index contributed by atoms with van der Waals surface area (Å²) in [7, 11) is 0. The molecule has 0 aromatic carbocycles. The number of hydrogen-bond donors (Lipinski definition) is 1.